The molecule has 4 nitrogen and oxygen atoms in total. The number of amides is 1. The molecule has 3 N–H and O–H groups in total. The third-order valence-corrected chi connectivity index (χ3v) is 3.33. The summed E-state index contributed by atoms with van der Waals surface area (Å²) < 4.78 is 0. The standard InChI is InChI=1S/C13H21N3O/c1-4-13(3,9-14)12(17)16-10(2)11-5-7-15-8-6-11/h5-8,10H,4,9,14H2,1-3H3,(H,16,17). The van der Waals surface area contributed by atoms with Gasteiger partial charge in [-0.15, -0.1) is 0 Å². The molecule has 0 saturated carbocycles. The van der Waals surface area contributed by atoms with Crippen LogP contribution in [0.25, 0.3) is 0 Å². The Labute approximate surface area is 103 Å². The van der Waals surface area contributed by atoms with Crippen molar-refractivity contribution in [2.24, 2.45) is 11.1 Å². The Morgan fingerprint density at radius 3 is 2.59 bits per heavy atom. The highest BCUT2D eigenvalue weighted by atomic mass is 16.2. The maximum absolute atomic E-state index is 12.1. The maximum Gasteiger partial charge on any atom is 0.227 e. The number of nitrogens with two attached hydrogens (primary N) is 1. The van der Waals surface area contributed by atoms with Crippen LogP contribution in [-0.2, 0) is 4.79 Å². The van der Waals surface area contributed by atoms with E-state index in [2.05, 4.69) is 10.3 Å². The van der Waals surface area contributed by atoms with E-state index in [4.69, 9.17) is 5.73 Å². The monoisotopic (exact) mass is 235 g/mol. The van der Waals surface area contributed by atoms with Crippen molar-refractivity contribution in [3.63, 3.8) is 0 Å². The van der Waals surface area contributed by atoms with E-state index in [1.165, 1.54) is 0 Å². The Morgan fingerprint density at radius 2 is 2.12 bits per heavy atom. The van der Waals surface area contributed by atoms with Crippen molar-refractivity contribution in [2.45, 2.75) is 33.2 Å². The number of nitrogens with zero attached hydrogens (tertiary/aromatic N) is 1. The molecule has 4 heteroatoms. The second kappa shape index (κ2) is 5.77. The zero-order chi connectivity index (χ0) is 12.9. The largest absolute Gasteiger partial charge is 0.349 e. The van der Waals surface area contributed by atoms with Crippen LogP contribution in [0.3, 0.4) is 0 Å². The molecule has 1 rings (SSSR count). The van der Waals surface area contributed by atoms with Gasteiger partial charge in [-0.05, 0) is 38.0 Å². The second-order valence-corrected chi connectivity index (χ2v) is 4.59. The Bertz CT molecular complexity index is 360. The number of hydrogen-bond acceptors (Lipinski definition) is 3. The molecule has 0 aliphatic heterocycles. The predicted octanol–water partition coefficient (Wildman–Crippen LogP) is 1.63. The van der Waals surface area contributed by atoms with E-state index in [1.54, 1.807) is 12.4 Å². The van der Waals surface area contributed by atoms with E-state index >= 15 is 0 Å². The van der Waals surface area contributed by atoms with Gasteiger partial charge in [0, 0.05) is 18.9 Å². The first-order valence-corrected chi connectivity index (χ1v) is 5.94. The van der Waals surface area contributed by atoms with Crippen molar-refractivity contribution in [3.8, 4) is 0 Å². The first-order chi connectivity index (χ1) is 8.03. The zero-order valence-electron chi connectivity index (χ0n) is 10.7. The highest BCUT2D eigenvalue weighted by Crippen LogP contribution is 2.21. The summed E-state index contributed by atoms with van der Waals surface area (Å²) in [7, 11) is 0. The maximum atomic E-state index is 12.1. The van der Waals surface area contributed by atoms with Gasteiger partial charge in [0.25, 0.3) is 0 Å². The summed E-state index contributed by atoms with van der Waals surface area (Å²) >= 11 is 0. The van der Waals surface area contributed by atoms with Crippen LogP contribution in [0, 0.1) is 5.41 Å². The molecule has 0 aliphatic carbocycles. The molecule has 1 aromatic rings. The van der Waals surface area contributed by atoms with Crippen molar-refractivity contribution in [1.29, 1.82) is 0 Å². The average molecular weight is 235 g/mol. The number of aromatic nitrogens is 1. The molecule has 2 unspecified atom stereocenters. The first-order valence-electron chi connectivity index (χ1n) is 5.94. The van der Waals surface area contributed by atoms with Gasteiger partial charge in [0.15, 0.2) is 0 Å². The first kappa shape index (κ1) is 13.6. The van der Waals surface area contributed by atoms with Crippen LogP contribution >= 0.6 is 0 Å². The average Bonchev–Trinajstić information content (AvgIpc) is 2.38. The molecule has 94 valence electrons. The van der Waals surface area contributed by atoms with Crippen LogP contribution < -0.4 is 11.1 Å². The minimum Gasteiger partial charge on any atom is -0.349 e. The lowest BCUT2D eigenvalue weighted by Crippen LogP contribution is -2.44. The molecule has 0 fully saturated rings. The SMILES string of the molecule is CCC(C)(CN)C(=O)NC(C)c1ccncc1. The number of carbonyl (C=O) groups is 1. The molecule has 1 amide bonds. The molecule has 0 aliphatic rings. The summed E-state index contributed by atoms with van der Waals surface area (Å²) in [6.45, 7) is 6.18. The normalized spacial score (nSPS) is 16.0. The highest BCUT2D eigenvalue weighted by molar-refractivity contribution is 5.82. The van der Waals surface area contributed by atoms with Crippen molar-refractivity contribution in [2.75, 3.05) is 6.54 Å². The van der Waals surface area contributed by atoms with E-state index in [-0.39, 0.29) is 11.9 Å². The van der Waals surface area contributed by atoms with Gasteiger partial charge in [-0.2, -0.15) is 0 Å². The van der Waals surface area contributed by atoms with Crippen LogP contribution in [0.15, 0.2) is 24.5 Å². The highest BCUT2D eigenvalue weighted by Gasteiger charge is 2.30. The van der Waals surface area contributed by atoms with Gasteiger partial charge in [0.05, 0.1) is 11.5 Å². The molecule has 0 spiro atoms. The molecule has 17 heavy (non-hydrogen) atoms. The summed E-state index contributed by atoms with van der Waals surface area (Å²) in [6, 6.07) is 3.77. The molecule has 0 bridgehead atoms. The van der Waals surface area contributed by atoms with Gasteiger partial charge < -0.3 is 11.1 Å². The Balaban J connectivity index is 2.69. The lowest BCUT2D eigenvalue weighted by atomic mass is 9.86. The topological polar surface area (TPSA) is 68.0 Å². The molecule has 0 saturated heterocycles. The van der Waals surface area contributed by atoms with Crippen molar-refractivity contribution in [3.05, 3.63) is 30.1 Å². The van der Waals surface area contributed by atoms with Crippen LogP contribution in [0.5, 0.6) is 0 Å². The lowest BCUT2D eigenvalue weighted by molar-refractivity contribution is -0.130. The number of pyridine rings is 1. The second-order valence-electron chi connectivity index (χ2n) is 4.59. The molecular formula is C13H21N3O. The summed E-state index contributed by atoms with van der Waals surface area (Å²) in [6.07, 6.45) is 4.18. The van der Waals surface area contributed by atoms with E-state index in [9.17, 15) is 4.79 Å². The Kier molecular flexibility index (Phi) is 4.63. The fourth-order valence-corrected chi connectivity index (χ4v) is 1.50. The van der Waals surface area contributed by atoms with Crippen LogP contribution in [-0.4, -0.2) is 17.4 Å². The van der Waals surface area contributed by atoms with Crippen molar-refractivity contribution < 1.29 is 4.79 Å². The van der Waals surface area contributed by atoms with Gasteiger partial charge in [0.1, 0.15) is 0 Å². The predicted molar refractivity (Wildman–Crippen MR) is 68.2 cm³/mol. The summed E-state index contributed by atoms with van der Waals surface area (Å²) in [5.41, 5.74) is 6.22. The molecule has 0 radical (unpaired) electrons. The van der Waals surface area contributed by atoms with Gasteiger partial charge in [-0.3, -0.25) is 9.78 Å². The van der Waals surface area contributed by atoms with Gasteiger partial charge >= 0.3 is 0 Å². The summed E-state index contributed by atoms with van der Waals surface area (Å²) in [5.74, 6) is 0.00631. The molecule has 1 heterocycles. The van der Waals surface area contributed by atoms with E-state index < -0.39 is 5.41 Å². The van der Waals surface area contributed by atoms with Gasteiger partial charge in [0.2, 0.25) is 5.91 Å². The number of nitrogens with one attached hydrogen (secondary N) is 1. The Morgan fingerprint density at radius 1 is 1.53 bits per heavy atom. The third-order valence-electron chi connectivity index (χ3n) is 3.33. The minimum absolute atomic E-state index is 0.00631. The quantitative estimate of drug-likeness (QED) is 0.815. The molecular weight excluding hydrogens is 214 g/mol. The van der Waals surface area contributed by atoms with E-state index in [0.717, 1.165) is 12.0 Å². The van der Waals surface area contributed by atoms with Gasteiger partial charge in [-0.1, -0.05) is 6.92 Å². The number of hydrogen-bond donors (Lipinski definition) is 2. The smallest absolute Gasteiger partial charge is 0.227 e. The van der Waals surface area contributed by atoms with E-state index in [1.807, 2.05) is 32.9 Å². The fourth-order valence-electron chi connectivity index (χ4n) is 1.50. The summed E-state index contributed by atoms with van der Waals surface area (Å²) in [4.78, 5) is 16.1. The van der Waals surface area contributed by atoms with Crippen molar-refractivity contribution in [1.82, 2.24) is 10.3 Å². The van der Waals surface area contributed by atoms with Crippen LogP contribution in [0.2, 0.25) is 0 Å². The Hall–Kier alpha value is -1.42. The van der Waals surface area contributed by atoms with Gasteiger partial charge in [-0.25, -0.2) is 0 Å². The fraction of sp³-hybridized carbons (Fsp3) is 0.538. The number of carbonyl (C=O) groups excluding carboxylic acids is 1. The van der Waals surface area contributed by atoms with Crippen molar-refractivity contribution >= 4 is 5.91 Å². The van der Waals surface area contributed by atoms with Crippen LogP contribution in [0.4, 0.5) is 0 Å². The molecule has 1 aromatic heterocycles. The lowest BCUT2D eigenvalue weighted by Gasteiger charge is -2.27. The summed E-state index contributed by atoms with van der Waals surface area (Å²) in [5, 5.41) is 2.99. The van der Waals surface area contributed by atoms with Crippen LogP contribution in [0.1, 0.15) is 38.8 Å². The minimum atomic E-state index is -0.485. The van der Waals surface area contributed by atoms with E-state index in [0.29, 0.717) is 6.54 Å². The molecule has 0 aromatic carbocycles. The third kappa shape index (κ3) is 3.27. The molecule has 2 atom stereocenters. The zero-order valence-corrected chi connectivity index (χ0v) is 10.7. The number of rotatable bonds is 5.